The lowest BCUT2D eigenvalue weighted by atomic mass is 9.80. The van der Waals surface area contributed by atoms with Crippen LogP contribution in [0.25, 0.3) is 5.65 Å². The van der Waals surface area contributed by atoms with Crippen LogP contribution in [0.3, 0.4) is 0 Å². The van der Waals surface area contributed by atoms with Crippen molar-refractivity contribution in [2.45, 2.75) is 63.5 Å². The summed E-state index contributed by atoms with van der Waals surface area (Å²) < 4.78 is 64.7. The number of hydrogen-bond acceptors (Lipinski definition) is 4. The van der Waals surface area contributed by atoms with Crippen molar-refractivity contribution in [1.29, 1.82) is 0 Å². The zero-order chi connectivity index (χ0) is 20.1. The molecular formula is C19H24F3N3O2S. The van der Waals surface area contributed by atoms with Crippen LogP contribution in [0.5, 0.6) is 0 Å². The van der Waals surface area contributed by atoms with Crippen LogP contribution in [0, 0.1) is 12.8 Å². The molecule has 5 nitrogen and oxygen atoms in total. The SMILES string of the molecule is Cc1cc([C@@H]2CCCS(=O)(=O)C2)n2nc(C3CCC(C(F)(F)F)CC3)cc2n1. The van der Waals surface area contributed by atoms with Crippen molar-refractivity contribution in [1.82, 2.24) is 14.6 Å². The minimum Gasteiger partial charge on any atom is -0.234 e. The molecule has 0 aromatic carbocycles. The fourth-order valence-electron chi connectivity index (χ4n) is 4.61. The van der Waals surface area contributed by atoms with Crippen LogP contribution in [-0.4, -0.2) is 40.7 Å². The average Bonchev–Trinajstić information content (AvgIpc) is 3.03. The topological polar surface area (TPSA) is 64.3 Å². The van der Waals surface area contributed by atoms with Gasteiger partial charge in [-0.25, -0.2) is 17.9 Å². The van der Waals surface area contributed by atoms with Gasteiger partial charge in [0.2, 0.25) is 0 Å². The summed E-state index contributed by atoms with van der Waals surface area (Å²) >= 11 is 0. The molecule has 3 heterocycles. The van der Waals surface area contributed by atoms with Gasteiger partial charge in [0.1, 0.15) is 0 Å². The van der Waals surface area contributed by atoms with Crippen LogP contribution < -0.4 is 0 Å². The predicted molar refractivity (Wildman–Crippen MR) is 99.1 cm³/mol. The number of rotatable bonds is 2. The normalized spacial score (nSPS) is 28.5. The molecule has 4 rings (SSSR count). The first-order chi connectivity index (χ1) is 13.1. The van der Waals surface area contributed by atoms with Gasteiger partial charge >= 0.3 is 6.18 Å². The van der Waals surface area contributed by atoms with Gasteiger partial charge in [-0.1, -0.05) is 0 Å². The van der Waals surface area contributed by atoms with E-state index in [0.717, 1.165) is 23.5 Å². The predicted octanol–water partition coefficient (Wildman–Crippen LogP) is 4.17. The molecule has 0 spiro atoms. The van der Waals surface area contributed by atoms with E-state index >= 15 is 0 Å². The molecule has 0 amide bonds. The van der Waals surface area contributed by atoms with Gasteiger partial charge in [0.05, 0.1) is 28.8 Å². The summed E-state index contributed by atoms with van der Waals surface area (Å²) in [6.45, 7) is 1.86. The van der Waals surface area contributed by atoms with Crippen molar-refractivity contribution in [3.8, 4) is 0 Å². The molecule has 1 aliphatic heterocycles. The third-order valence-electron chi connectivity index (χ3n) is 6.09. The lowest BCUT2D eigenvalue weighted by Crippen LogP contribution is -2.27. The molecule has 1 saturated heterocycles. The van der Waals surface area contributed by atoms with Crippen molar-refractivity contribution in [2.24, 2.45) is 5.92 Å². The van der Waals surface area contributed by atoms with Gasteiger partial charge < -0.3 is 0 Å². The second kappa shape index (κ2) is 7.00. The molecule has 9 heteroatoms. The number of aromatic nitrogens is 3. The molecule has 28 heavy (non-hydrogen) atoms. The molecule has 2 fully saturated rings. The molecule has 0 unspecified atom stereocenters. The van der Waals surface area contributed by atoms with Crippen LogP contribution in [0.2, 0.25) is 0 Å². The standard InChI is InChI=1S/C19H24F3N3O2S/c1-12-9-17(14-3-2-8-28(26,27)11-14)25-18(23-12)10-16(24-25)13-4-6-15(7-5-13)19(20,21)22/h9-10,13-15H,2-8,11H2,1H3/t13?,14-,15?/m1/s1. The first-order valence-electron chi connectivity index (χ1n) is 9.77. The van der Waals surface area contributed by atoms with Crippen LogP contribution in [0.1, 0.15) is 67.4 Å². The first-order valence-corrected chi connectivity index (χ1v) is 11.6. The van der Waals surface area contributed by atoms with Crippen molar-refractivity contribution < 1.29 is 21.6 Å². The molecule has 0 N–H and O–H groups in total. The number of aryl methyl sites for hydroxylation is 1. The number of alkyl halides is 3. The highest BCUT2D eigenvalue weighted by Gasteiger charge is 2.42. The second-order valence-electron chi connectivity index (χ2n) is 8.21. The molecule has 1 saturated carbocycles. The minimum atomic E-state index is -4.12. The Morgan fingerprint density at radius 1 is 1.07 bits per heavy atom. The number of halogens is 3. The maximum Gasteiger partial charge on any atom is 0.391 e. The smallest absolute Gasteiger partial charge is 0.234 e. The maximum atomic E-state index is 12.9. The molecule has 1 atom stereocenters. The fraction of sp³-hybridized carbons (Fsp3) is 0.684. The Morgan fingerprint density at radius 3 is 2.43 bits per heavy atom. The lowest BCUT2D eigenvalue weighted by molar-refractivity contribution is -0.182. The van der Waals surface area contributed by atoms with Crippen molar-refractivity contribution in [3.05, 3.63) is 29.2 Å². The fourth-order valence-corrected chi connectivity index (χ4v) is 6.33. The van der Waals surface area contributed by atoms with E-state index in [0.29, 0.717) is 24.9 Å². The number of nitrogens with zero attached hydrogens (tertiary/aromatic N) is 3. The second-order valence-corrected chi connectivity index (χ2v) is 10.4. The zero-order valence-corrected chi connectivity index (χ0v) is 16.6. The molecule has 1 aliphatic carbocycles. The molecule has 2 aromatic rings. The summed E-state index contributed by atoms with van der Waals surface area (Å²) in [6, 6.07) is 3.74. The highest BCUT2D eigenvalue weighted by molar-refractivity contribution is 7.91. The van der Waals surface area contributed by atoms with Gasteiger partial charge in [0.15, 0.2) is 15.5 Å². The average molecular weight is 415 g/mol. The number of hydrogen-bond donors (Lipinski definition) is 0. The van der Waals surface area contributed by atoms with Crippen LogP contribution >= 0.6 is 0 Å². The minimum absolute atomic E-state index is 0.0106. The summed E-state index contributed by atoms with van der Waals surface area (Å²) in [4.78, 5) is 4.51. The quantitative estimate of drug-likeness (QED) is 0.739. The summed E-state index contributed by atoms with van der Waals surface area (Å²) in [5.74, 6) is -1.02. The van der Waals surface area contributed by atoms with Crippen molar-refractivity contribution in [2.75, 3.05) is 11.5 Å². The van der Waals surface area contributed by atoms with Gasteiger partial charge in [-0.15, -0.1) is 0 Å². The van der Waals surface area contributed by atoms with E-state index in [1.807, 2.05) is 19.1 Å². The zero-order valence-electron chi connectivity index (χ0n) is 15.7. The van der Waals surface area contributed by atoms with E-state index in [1.54, 1.807) is 4.52 Å². The molecule has 0 radical (unpaired) electrons. The molecular weight excluding hydrogens is 391 g/mol. The third-order valence-corrected chi connectivity index (χ3v) is 7.91. The van der Waals surface area contributed by atoms with E-state index in [-0.39, 0.29) is 36.2 Å². The van der Waals surface area contributed by atoms with E-state index in [1.165, 1.54) is 0 Å². The van der Waals surface area contributed by atoms with E-state index in [2.05, 4.69) is 10.1 Å². The van der Waals surface area contributed by atoms with Gasteiger partial charge in [0, 0.05) is 23.6 Å². The number of fused-ring (bicyclic) bond motifs is 1. The van der Waals surface area contributed by atoms with E-state index < -0.39 is 21.9 Å². The van der Waals surface area contributed by atoms with Gasteiger partial charge in [-0.05, 0) is 51.5 Å². The molecule has 2 aromatic heterocycles. The van der Waals surface area contributed by atoms with Gasteiger partial charge in [0.25, 0.3) is 0 Å². The molecule has 2 aliphatic rings. The summed E-state index contributed by atoms with van der Waals surface area (Å²) in [6.07, 6.45) is -1.54. The Labute approximate surface area is 162 Å². The van der Waals surface area contributed by atoms with Crippen LogP contribution in [0.4, 0.5) is 13.2 Å². The summed E-state index contributed by atoms with van der Waals surface area (Å²) in [7, 11) is -3.06. The Hall–Kier alpha value is -1.64. The Balaban J connectivity index is 1.63. The summed E-state index contributed by atoms with van der Waals surface area (Å²) in [5, 5.41) is 4.67. The van der Waals surface area contributed by atoms with Gasteiger partial charge in [-0.3, -0.25) is 0 Å². The highest BCUT2D eigenvalue weighted by atomic mass is 32.2. The monoisotopic (exact) mass is 415 g/mol. The van der Waals surface area contributed by atoms with E-state index in [4.69, 9.17) is 0 Å². The van der Waals surface area contributed by atoms with Gasteiger partial charge in [-0.2, -0.15) is 18.3 Å². The van der Waals surface area contributed by atoms with E-state index in [9.17, 15) is 21.6 Å². The van der Waals surface area contributed by atoms with Crippen molar-refractivity contribution in [3.63, 3.8) is 0 Å². The van der Waals surface area contributed by atoms with Crippen LogP contribution in [0.15, 0.2) is 12.1 Å². The van der Waals surface area contributed by atoms with Crippen molar-refractivity contribution >= 4 is 15.5 Å². The lowest BCUT2D eigenvalue weighted by Gasteiger charge is -2.28. The Kier molecular flexibility index (Phi) is 4.92. The molecule has 0 bridgehead atoms. The summed E-state index contributed by atoms with van der Waals surface area (Å²) in [5.41, 5.74) is 3.03. The van der Waals surface area contributed by atoms with Crippen LogP contribution in [-0.2, 0) is 9.84 Å². The third kappa shape index (κ3) is 3.90. The largest absolute Gasteiger partial charge is 0.391 e. The Bertz CT molecular complexity index is 976. The maximum absolute atomic E-state index is 12.9. The first kappa shape index (κ1) is 19.7. The molecule has 154 valence electrons. The number of sulfone groups is 1. The highest BCUT2D eigenvalue weighted by Crippen LogP contribution is 2.42. The Morgan fingerprint density at radius 2 is 1.79 bits per heavy atom.